The van der Waals surface area contributed by atoms with Crippen molar-refractivity contribution in [1.29, 1.82) is 0 Å². The number of nitrogens with two attached hydrogens (primary N) is 1. The summed E-state index contributed by atoms with van der Waals surface area (Å²) in [6.07, 6.45) is 3.27. The summed E-state index contributed by atoms with van der Waals surface area (Å²) < 4.78 is 5.39. The van der Waals surface area contributed by atoms with Crippen LogP contribution in [0.2, 0.25) is 0 Å². The van der Waals surface area contributed by atoms with Crippen molar-refractivity contribution >= 4 is 5.96 Å². The van der Waals surface area contributed by atoms with Crippen molar-refractivity contribution in [1.82, 2.24) is 5.32 Å². The Morgan fingerprint density at radius 1 is 1.29 bits per heavy atom. The monoisotopic (exact) mass is 201 g/mol. The van der Waals surface area contributed by atoms with Crippen LogP contribution in [0.15, 0.2) is 4.99 Å². The SMILES string of the molecule is CCCCOCCCN=C(N)NCC. The smallest absolute Gasteiger partial charge is 0.188 e. The summed E-state index contributed by atoms with van der Waals surface area (Å²) in [5, 5.41) is 2.94. The van der Waals surface area contributed by atoms with Gasteiger partial charge in [-0.3, -0.25) is 4.99 Å². The van der Waals surface area contributed by atoms with Crippen LogP contribution in [0, 0.1) is 0 Å². The van der Waals surface area contributed by atoms with Crippen LogP contribution in [0.5, 0.6) is 0 Å². The predicted octanol–water partition coefficient (Wildman–Crippen LogP) is 1.12. The maximum Gasteiger partial charge on any atom is 0.188 e. The first-order valence-corrected chi connectivity index (χ1v) is 5.42. The Hall–Kier alpha value is -0.770. The minimum absolute atomic E-state index is 0.529. The molecule has 0 spiro atoms. The molecule has 0 atom stereocenters. The van der Waals surface area contributed by atoms with Crippen molar-refractivity contribution < 1.29 is 4.74 Å². The second kappa shape index (κ2) is 10.3. The highest BCUT2D eigenvalue weighted by Gasteiger charge is 1.89. The number of guanidine groups is 1. The molecule has 0 rings (SSSR count). The summed E-state index contributed by atoms with van der Waals surface area (Å²) in [5.41, 5.74) is 5.54. The molecule has 84 valence electrons. The molecule has 0 bridgehead atoms. The van der Waals surface area contributed by atoms with Gasteiger partial charge in [0, 0.05) is 26.3 Å². The average molecular weight is 201 g/mol. The maximum atomic E-state index is 5.54. The molecule has 0 aliphatic carbocycles. The minimum Gasteiger partial charge on any atom is -0.381 e. The lowest BCUT2D eigenvalue weighted by atomic mass is 10.4. The van der Waals surface area contributed by atoms with Crippen LogP contribution in [-0.4, -0.2) is 32.3 Å². The summed E-state index contributed by atoms with van der Waals surface area (Å²) >= 11 is 0. The van der Waals surface area contributed by atoms with Crippen LogP contribution in [0.4, 0.5) is 0 Å². The Labute approximate surface area is 86.9 Å². The summed E-state index contributed by atoms with van der Waals surface area (Å²) in [5.74, 6) is 0.529. The van der Waals surface area contributed by atoms with Gasteiger partial charge < -0.3 is 15.8 Å². The number of nitrogens with zero attached hydrogens (tertiary/aromatic N) is 1. The van der Waals surface area contributed by atoms with Crippen molar-refractivity contribution in [2.24, 2.45) is 10.7 Å². The van der Waals surface area contributed by atoms with Crippen LogP contribution in [-0.2, 0) is 4.74 Å². The van der Waals surface area contributed by atoms with E-state index in [0.717, 1.165) is 39.1 Å². The average Bonchev–Trinajstić information content (AvgIpc) is 2.17. The molecular formula is C10H23N3O. The number of rotatable bonds is 8. The second-order valence-corrected chi connectivity index (χ2v) is 3.12. The quantitative estimate of drug-likeness (QED) is 0.351. The first kappa shape index (κ1) is 13.2. The van der Waals surface area contributed by atoms with Crippen molar-refractivity contribution in [3.8, 4) is 0 Å². The number of aliphatic imine (C=N–C) groups is 1. The van der Waals surface area contributed by atoms with Gasteiger partial charge in [-0.1, -0.05) is 13.3 Å². The van der Waals surface area contributed by atoms with E-state index < -0.39 is 0 Å². The molecule has 0 aliphatic heterocycles. The first-order valence-electron chi connectivity index (χ1n) is 5.42. The van der Waals surface area contributed by atoms with Gasteiger partial charge in [-0.05, 0) is 19.8 Å². The molecule has 0 aliphatic rings. The molecule has 0 radical (unpaired) electrons. The number of unbranched alkanes of at least 4 members (excludes halogenated alkanes) is 1. The molecule has 0 aromatic rings. The van der Waals surface area contributed by atoms with Gasteiger partial charge in [0.05, 0.1) is 0 Å². The largest absolute Gasteiger partial charge is 0.381 e. The van der Waals surface area contributed by atoms with Gasteiger partial charge in [-0.15, -0.1) is 0 Å². The second-order valence-electron chi connectivity index (χ2n) is 3.12. The van der Waals surface area contributed by atoms with Crippen molar-refractivity contribution in [2.75, 3.05) is 26.3 Å². The van der Waals surface area contributed by atoms with Crippen LogP contribution in [0.1, 0.15) is 33.1 Å². The highest BCUT2D eigenvalue weighted by molar-refractivity contribution is 5.77. The molecule has 0 fully saturated rings. The fraction of sp³-hybridized carbons (Fsp3) is 0.900. The molecule has 0 saturated heterocycles. The van der Waals surface area contributed by atoms with Crippen molar-refractivity contribution in [2.45, 2.75) is 33.1 Å². The van der Waals surface area contributed by atoms with Crippen molar-refractivity contribution in [3.63, 3.8) is 0 Å². The zero-order chi connectivity index (χ0) is 10.6. The highest BCUT2D eigenvalue weighted by Crippen LogP contribution is 1.89. The van der Waals surface area contributed by atoms with Crippen LogP contribution < -0.4 is 11.1 Å². The third-order valence-electron chi connectivity index (χ3n) is 1.73. The Balaban J connectivity index is 3.15. The summed E-state index contributed by atoms with van der Waals surface area (Å²) in [6, 6.07) is 0. The van der Waals surface area contributed by atoms with E-state index in [0.29, 0.717) is 5.96 Å². The van der Waals surface area contributed by atoms with Crippen LogP contribution in [0.25, 0.3) is 0 Å². The van der Waals surface area contributed by atoms with Gasteiger partial charge in [-0.2, -0.15) is 0 Å². The normalized spacial score (nSPS) is 11.7. The van der Waals surface area contributed by atoms with Crippen molar-refractivity contribution in [3.05, 3.63) is 0 Å². The number of hydrogen-bond donors (Lipinski definition) is 2. The topological polar surface area (TPSA) is 59.6 Å². The molecule has 0 aromatic carbocycles. The standard InChI is InChI=1S/C10H23N3O/c1-3-5-8-14-9-6-7-13-10(11)12-4-2/h3-9H2,1-2H3,(H3,11,12,13). The molecule has 3 N–H and O–H groups in total. The van der Waals surface area contributed by atoms with E-state index in [1.165, 1.54) is 6.42 Å². The lowest BCUT2D eigenvalue weighted by Gasteiger charge is -2.03. The third kappa shape index (κ3) is 9.32. The van der Waals surface area contributed by atoms with E-state index in [4.69, 9.17) is 10.5 Å². The lowest BCUT2D eigenvalue weighted by Crippen LogP contribution is -2.31. The molecule has 0 unspecified atom stereocenters. The Bertz CT molecular complexity index is 148. The number of nitrogens with one attached hydrogen (secondary N) is 1. The molecule has 0 aromatic heterocycles. The number of ether oxygens (including phenoxy) is 1. The van der Waals surface area contributed by atoms with Crippen LogP contribution >= 0.6 is 0 Å². The van der Waals surface area contributed by atoms with E-state index in [9.17, 15) is 0 Å². The molecule has 14 heavy (non-hydrogen) atoms. The Kier molecular flexibility index (Phi) is 9.74. The number of hydrogen-bond acceptors (Lipinski definition) is 2. The zero-order valence-electron chi connectivity index (χ0n) is 9.38. The van der Waals surface area contributed by atoms with E-state index in [-0.39, 0.29) is 0 Å². The minimum atomic E-state index is 0.529. The fourth-order valence-electron chi connectivity index (χ4n) is 0.952. The maximum absolute atomic E-state index is 5.54. The van der Waals surface area contributed by atoms with Gasteiger partial charge in [0.15, 0.2) is 5.96 Å². The van der Waals surface area contributed by atoms with Crippen LogP contribution in [0.3, 0.4) is 0 Å². The van der Waals surface area contributed by atoms with Gasteiger partial charge in [0.25, 0.3) is 0 Å². The Morgan fingerprint density at radius 2 is 2.00 bits per heavy atom. The first-order chi connectivity index (χ1) is 6.81. The zero-order valence-corrected chi connectivity index (χ0v) is 9.38. The van der Waals surface area contributed by atoms with Gasteiger partial charge in [0.2, 0.25) is 0 Å². The molecule has 4 heteroatoms. The Morgan fingerprint density at radius 3 is 2.64 bits per heavy atom. The summed E-state index contributed by atoms with van der Waals surface area (Å²) in [4.78, 5) is 4.14. The van der Waals surface area contributed by atoms with E-state index in [1.54, 1.807) is 0 Å². The predicted molar refractivity (Wildman–Crippen MR) is 60.5 cm³/mol. The highest BCUT2D eigenvalue weighted by atomic mass is 16.5. The molecule has 4 nitrogen and oxygen atoms in total. The van der Waals surface area contributed by atoms with Gasteiger partial charge >= 0.3 is 0 Å². The molecule has 0 amide bonds. The fourth-order valence-corrected chi connectivity index (χ4v) is 0.952. The van der Waals surface area contributed by atoms with Gasteiger partial charge in [-0.25, -0.2) is 0 Å². The van der Waals surface area contributed by atoms with E-state index in [1.807, 2.05) is 6.92 Å². The molecule has 0 heterocycles. The summed E-state index contributed by atoms with van der Waals surface area (Å²) in [6.45, 7) is 7.36. The van der Waals surface area contributed by atoms with E-state index >= 15 is 0 Å². The molecule has 0 saturated carbocycles. The molecular weight excluding hydrogens is 178 g/mol. The van der Waals surface area contributed by atoms with Gasteiger partial charge in [0.1, 0.15) is 0 Å². The summed E-state index contributed by atoms with van der Waals surface area (Å²) in [7, 11) is 0. The lowest BCUT2D eigenvalue weighted by molar-refractivity contribution is 0.130. The van der Waals surface area contributed by atoms with E-state index in [2.05, 4.69) is 17.2 Å². The third-order valence-corrected chi connectivity index (χ3v) is 1.73.